The van der Waals surface area contributed by atoms with E-state index in [1.807, 2.05) is 0 Å². The predicted molar refractivity (Wildman–Crippen MR) is 55.4 cm³/mol. The van der Waals surface area contributed by atoms with E-state index >= 15 is 0 Å². The topological polar surface area (TPSA) is 57.6 Å². The average molecular weight is 219 g/mol. The summed E-state index contributed by atoms with van der Waals surface area (Å²) in [5, 5.41) is 9.00. The van der Waals surface area contributed by atoms with E-state index in [0.29, 0.717) is 13.0 Å². The van der Waals surface area contributed by atoms with Gasteiger partial charge in [0.25, 0.3) is 0 Å². The Morgan fingerprint density at radius 1 is 1.57 bits per heavy atom. The fourth-order valence-corrected chi connectivity index (χ4v) is 3.44. The van der Waals surface area contributed by atoms with Crippen molar-refractivity contribution in [2.45, 2.75) is 25.3 Å². The highest BCUT2D eigenvalue weighted by Gasteiger charge is 2.32. The lowest BCUT2D eigenvalue weighted by Crippen LogP contribution is -2.38. The molecule has 0 spiro atoms. The van der Waals surface area contributed by atoms with Gasteiger partial charge in [-0.1, -0.05) is 6.08 Å². The van der Waals surface area contributed by atoms with Crippen molar-refractivity contribution in [3.8, 4) is 0 Å². The van der Waals surface area contributed by atoms with Crippen LogP contribution >= 0.6 is 0 Å². The third-order valence-corrected chi connectivity index (χ3v) is 4.42. The quantitative estimate of drug-likeness (QED) is 0.679. The van der Waals surface area contributed by atoms with Gasteiger partial charge < -0.3 is 5.11 Å². The minimum absolute atomic E-state index is 0.0761. The third-order valence-electron chi connectivity index (χ3n) is 2.47. The van der Waals surface area contributed by atoms with E-state index in [4.69, 9.17) is 5.11 Å². The van der Waals surface area contributed by atoms with Crippen LogP contribution in [-0.2, 0) is 10.0 Å². The molecule has 1 heterocycles. The van der Waals surface area contributed by atoms with Gasteiger partial charge in [0.1, 0.15) is 0 Å². The molecule has 14 heavy (non-hydrogen) atoms. The minimum atomic E-state index is -3.18. The van der Waals surface area contributed by atoms with Gasteiger partial charge in [-0.15, -0.1) is 6.58 Å². The van der Waals surface area contributed by atoms with Crippen LogP contribution in [0, 0.1) is 0 Å². The number of nitrogens with zero attached hydrogens (tertiary/aromatic N) is 1. The Hall–Kier alpha value is -0.390. The molecule has 1 aliphatic heterocycles. The van der Waals surface area contributed by atoms with Gasteiger partial charge in [0.15, 0.2) is 0 Å². The van der Waals surface area contributed by atoms with E-state index in [2.05, 4.69) is 6.58 Å². The van der Waals surface area contributed by atoms with Crippen molar-refractivity contribution in [3.63, 3.8) is 0 Å². The molecule has 1 fully saturated rings. The minimum Gasteiger partial charge on any atom is -0.395 e. The molecule has 1 atom stereocenters. The first-order chi connectivity index (χ1) is 6.61. The van der Waals surface area contributed by atoms with Gasteiger partial charge in [-0.25, -0.2) is 8.42 Å². The zero-order chi connectivity index (χ0) is 10.6. The van der Waals surface area contributed by atoms with Gasteiger partial charge in [-0.3, -0.25) is 0 Å². The van der Waals surface area contributed by atoms with Crippen molar-refractivity contribution in [1.29, 1.82) is 0 Å². The number of sulfonamides is 1. The van der Waals surface area contributed by atoms with Gasteiger partial charge >= 0.3 is 0 Å². The molecule has 0 bridgehead atoms. The second kappa shape index (κ2) is 4.91. The van der Waals surface area contributed by atoms with Crippen molar-refractivity contribution < 1.29 is 13.5 Å². The molecular formula is C9H17NO3S. The Bertz CT molecular complexity index is 286. The Labute approximate surface area is 85.3 Å². The Morgan fingerprint density at radius 2 is 2.29 bits per heavy atom. The standard InChI is InChI=1S/C9H17NO3S/c1-2-3-7-14(12,13)10-6-4-5-9(10)8-11/h2,9,11H,1,3-8H2/t9-/m1/s1. The number of allylic oxidation sites excluding steroid dienone is 1. The number of aliphatic hydroxyl groups excluding tert-OH is 1. The van der Waals surface area contributed by atoms with E-state index in [-0.39, 0.29) is 18.4 Å². The van der Waals surface area contributed by atoms with Crippen LogP contribution in [0.5, 0.6) is 0 Å². The molecule has 1 rings (SSSR count). The molecule has 0 aromatic carbocycles. The Balaban J connectivity index is 2.66. The van der Waals surface area contributed by atoms with E-state index in [1.54, 1.807) is 6.08 Å². The lowest BCUT2D eigenvalue weighted by molar-refractivity contribution is 0.213. The van der Waals surface area contributed by atoms with Crippen LogP contribution in [0.1, 0.15) is 19.3 Å². The predicted octanol–water partition coefficient (Wildman–Crippen LogP) is 0.349. The smallest absolute Gasteiger partial charge is 0.214 e. The molecule has 0 aliphatic carbocycles. The zero-order valence-electron chi connectivity index (χ0n) is 8.22. The van der Waals surface area contributed by atoms with Crippen molar-refractivity contribution >= 4 is 10.0 Å². The molecular weight excluding hydrogens is 202 g/mol. The lowest BCUT2D eigenvalue weighted by atomic mass is 10.2. The summed E-state index contributed by atoms with van der Waals surface area (Å²) >= 11 is 0. The van der Waals surface area contributed by atoms with Gasteiger partial charge in [-0.2, -0.15) is 4.31 Å². The first-order valence-corrected chi connectivity index (χ1v) is 6.44. The van der Waals surface area contributed by atoms with Crippen molar-refractivity contribution in [1.82, 2.24) is 4.31 Å². The molecule has 0 aromatic heterocycles. The highest BCUT2D eigenvalue weighted by Crippen LogP contribution is 2.21. The van der Waals surface area contributed by atoms with Crippen LogP contribution in [0.15, 0.2) is 12.7 Å². The lowest BCUT2D eigenvalue weighted by Gasteiger charge is -2.21. The normalized spacial score (nSPS) is 23.9. The molecule has 1 N–H and O–H groups in total. The molecule has 0 unspecified atom stereocenters. The molecule has 1 saturated heterocycles. The summed E-state index contributed by atoms with van der Waals surface area (Å²) in [6.07, 6.45) is 3.68. The van der Waals surface area contributed by atoms with Crippen molar-refractivity contribution in [2.75, 3.05) is 18.9 Å². The van der Waals surface area contributed by atoms with Crippen molar-refractivity contribution in [3.05, 3.63) is 12.7 Å². The summed E-state index contributed by atoms with van der Waals surface area (Å²) in [6.45, 7) is 3.97. The van der Waals surface area contributed by atoms with E-state index in [1.165, 1.54) is 4.31 Å². The second-order valence-corrected chi connectivity index (χ2v) is 5.52. The van der Waals surface area contributed by atoms with Crippen LogP contribution in [0.25, 0.3) is 0 Å². The first kappa shape index (κ1) is 11.7. The summed E-state index contributed by atoms with van der Waals surface area (Å²) in [4.78, 5) is 0. The van der Waals surface area contributed by atoms with Gasteiger partial charge in [0.2, 0.25) is 10.0 Å². The van der Waals surface area contributed by atoms with Crippen LogP contribution in [0.2, 0.25) is 0 Å². The summed E-state index contributed by atoms with van der Waals surface area (Å²) < 4.78 is 24.9. The highest BCUT2D eigenvalue weighted by molar-refractivity contribution is 7.89. The van der Waals surface area contributed by atoms with Crippen LogP contribution < -0.4 is 0 Å². The summed E-state index contributed by atoms with van der Waals surface area (Å²) in [6, 6.07) is -0.204. The highest BCUT2D eigenvalue weighted by atomic mass is 32.2. The Kier molecular flexibility index (Phi) is 4.10. The SMILES string of the molecule is C=CCCS(=O)(=O)N1CCC[C@@H]1CO. The van der Waals surface area contributed by atoms with Crippen LogP contribution in [0.4, 0.5) is 0 Å². The second-order valence-electron chi connectivity index (χ2n) is 3.48. The Morgan fingerprint density at radius 3 is 2.86 bits per heavy atom. The number of hydrogen-bond acceptors (Lipinski definition) is 3. The molecule has 82 valence electrons. The molecule has 5 heteroatoms. The molecule has 0 saturated carbocycles. The summed E-state index contributed by atoms with van der Waals surface area (Å²) in [5.74, 6) is 0.104. The summed E-state index contributed by atoms with van der Waals surface area (Å²) in [7, 11) is -3.18. The average Bonchev–Trinajstić information content (AvgIpc) is 2.63. The van der Waals surface area contributed by atoms with Crippen LogP contribution in [0.3, 0.4) is 0 Å². The van der Waals surface area contributed by atoms with Crippen LogP contribution in [-0.4, -0.2) is 42.8 Å². The van der Waals surface area contributed by atoms with Crippen molar-refractivity contribution in [2.24, 2.45) is 0 Å². The summed E-state index contributed by atoms with van der Waals surface area (Å²) in [5.41, 5.74) is 0. The maximum Gasteiger partial charge on any atom is 0.214 e. The number of rotatable bonds is 5. The molecule has 1 aliphatic rings. The maximum absolute atomic E-state index is 11.7. The van der Waals surface area contributed by atoms with E-state index < -0.39 is 10.0 Å². The fraction of sp³-hybridized carbons (Fsp3) is 0.778. The first-order valence-electron chi connectivity index (χ1n) is 4.83. The molecule has 0 amide bonds. The monoisotopic (exact) mass is 219 g/mol. The number of hydrogen-bond donors (Lipinski definition) is 1. The fourth-order valence-electron chi connectivity index (χ4n) is 1.71. The molecule has 0 aromatic rings. The molecule has 4 nitrogen and oxygen atoms in total. The maximum atomic E-state index is 11.7. The zero-order valence-corrected chi connectivity index (χ0v) is 9.04. The van der Waals surface area contributed by atoms with E-state index in [0.717, 1.165) is 12.8 Å². The van der Waals surface area contributed by atoms with E-state index in [9.17, 15) is 8.42 Å². The van der Waals surface area contributed by atoms with Gasteiger partial charge in [0.05, 0.1) is 12.4 Å². The van der Waals surface area contributed by atoms with Gasteiger partial charge in [-0.05, 0) is 19.3 Å². The molecule has 0 radical (unpaired) electrons. The number of aliphatic hydroxyl groups is 1. The largest absolute Gasteiger partial charge is 0.395 e. The third kappa shape index (κ3) is 2.56. The van der Waals surface area contributed by atoms with Gasteiger partial charge in [0, 0.05) is 12.6 Å².